The summed E-state index contributed by atoms with van der Waals surface area (Å²) in [6.45, 7) is 8.44. The molecule has 2 heteroatoms. The largest absolute Gasteiger partial charge is 0.371 e. The number of hydrogen-bond donors (Lipinski definition) is 0. The highest BCUT2D eigenvalue weighted by molar-refractivity contribution is 5.82. The van der Waals surface area contributed by atoms with Gasteiger partial charge in [0.15, 0.2) is 5.78 Å². The highest BCUT2D eigenvalue weighted by Crippen LogP contribution is 2.14. The van der Waals surface area contributed by atoms with Crippen LogP contribution in [0.5, 0.6) is 0 Å². The van der Waals surface area contributed by atoms with Crippen LogP contribution in [0, 0.1) is 5.92 Å². The summed E-state index contributed by atoms with van der Waals surface area (Å²) in [5.41, 5.74) is 0. The molecule has 0 aromatic carbocycles. The van der Waals surface area contributed by atoms with Gasteiger partial charge in [-0.15, -0.1) is 0 Å². The van der Waals surface area contributed by atoms with Crippen LogP contribution in [0.15, 0.2) is 0 Å². The fourth-order valence-corrected chi connectivity index (χ4v) is 1.41. The maximum absolute atomic E-state index is 11.7. The van der Waals surface area contributed by atoms with Crippen LogP contribution >= 0.6 is 0 Å². The molecule has 1 unspecified atom stereocenters. The van der Waals surface area contributed by atoms with E-state index in [0.717, 1.165) is 25.7 Å². The Labute approximate surface area is 88.0 Å². The average molecular weight is 200 g/mol. The molecule has 0 radical (unpaired) electrons. The second-order valence-corrected chi connectivity index (χ2v) is 4.07. The lowest BCUT2D eigenvalue weighted by Gasteiger charge is -2.14. The summed E-state index contributed by atoms with van der Waals surface area (Å²) in [6, 6.07) is 0. The number of ketones is 1. The van der Waals surface area contributed by atoms with Gasteiger partial charge in [-0.1, -0.05) is 26.7 Å². The van der Waals surface area contributed by atoms with Crippen LogP contribution in [0.2, 0.25) is 0 Å². The molecule has 0 heterocycles. The molecule has 0 aliphatic rings. The van der Waals surface area contributed by atoms with Gasteiger partial charge in [0.05, 0.1) is 6.10 Å². The third kappa shape index (κ3) is 6.14. The van der Waals surface area contributed by atoms with Crippen LogP contribution in [-0.2, 0) is 9.53 Å². The van der Waals surface area contributed by atoms with Gasteiger partial charge in [0.25, 0.3) is 0 Å². The number of carbonyl (C=O) groups excluding carboxylic acids is 1. The van der Waals surface area contributed by atoms with Crippen molar-refractivity contribution >= 4 is 5.78 Å². The minimum Gasteiger partial charge on any atom is -0.371 e. The quantitative estimate of drug-likeness (QED) is 0.601. The fourth-order valence-electron chi connectivity index (χ4n) is 1.41. The van der Waals surface area contributed by atoms with Gasteiger partial charge in [-0.2, -0.15) is 0 Å². The Morgan fingerprint density at radius 2 is 1.93 bits per heavy atom. The van der Waals surface area contributed by atoms with E-state index in [2.05, 4.69) is 13.8 Å². The van der Waals surface area contributed by atoms with Crippen LogP contribution in [0.1, 0.15) is 53.4 Å². The molecule has 0 saturated carbocycles. The normalized spacial score (nSPS) is 13.2. The summed E-state index contributed by atoms with van der Waals surface area (Å²) >= 11 is 0. The molecule has 84 valence electrons. The van der Waals surface area contributed by atoms with Crippen LogP contribution in [0.25, 0.3) is 0 Å². The zero-order chi connectivity index (χ0) is 11.0. The molecule has 0 rings (SSSR count). The zero-order valence-electron chi connectivity index (χ0n) is 10.0. The topological polar surface area (TPSA) is 26.3 Å². The van der Waals surface area contributed by atoms with Crippen molar-refractivity contribution in [2.24, 2.45) is 5.92 Å². The van der Waals surface area contributed by atoms with Gasteiger partial charge in [0, 0.05) is 5.92 Å². The first-order chi connectivity index (χ1) is 6.61. The van der Waals surface area contributed by atoms with Gasteiger partial charge in [-0.3, -0.25) is 4.79 Å². The lowest BCUT2D eigenvalue weighted by atomic mass is 9.95. The van der Waals surface area contributed by atoms with E-state index in [-0.39, 0.29) is 17.8 Å². The molecule has 0 fully saturated rings. The summed E-state index contributed by atoms with van der Waals surface area (Å²) in [7, 11) is 0. The fraction of sp³-hybridized carbons (Fsp3) is 0.917. The van der Waals surface area contributed by atoms with E-state index in [1.807, 2.05) is 13.8 Å². The third-order valence-corrected chi connectivity index (χ3v) is 2.41. The number of ether oxygens (including phenoxy) is 1. The zero-order valence-corrected chi connectivity index (χ0v) is 10.0. The molecule has 1 atom stereocenters. The molecule has 0 aliphatic carbocycles. The molecule has 0 spiro atoms. The summed E-state index contributed by atoms with van der Waals surface area (Å²) in [5, 5.41) is 0. The lowest BCUT2D eigenvalue weighted by Crippen LogP contribution is -2.21. The van der Waals surface area contributed by atoms with Crippen LogP contribution in [0.4, 0.5) is 0 Å². The molecule has 0 bridgehead atoms. The Bertz CT molecular complexity index is 152. The highest BCUT2D eigenvalue weighted by atomic mass is 16.5. The first-order valence-electron chi connectivity index (χ1n) is 5.76. The molecule has 14 heavy (non-hydrogen) atoms. The second-order valence-electron chi connectivity index (χ2n) is 4.07. The molecule has 0 aromatic rings. The van der Waals surface area contributed by atoms with Gasteiger partial charge in [0.2, 0.25) is 0 Å². The number of Topliss-reactive ketones (excluding diaryl/α,β-unsaturated/α-hetero) is 1. The van der Waals surface area contributed by atoms with E-state index < -0.39 is 0 Å². The van der Waals surface area contributed by atoms with Crippen LogP contribution in [-0.4, -0.2) is 18.5 Å². The van der Waals surface area contributed by atoms with Crippen molar-refractivity contribution in [3.05, 3.63) is 0 Å². The minimum absolute atomic E-state index is 0.155. The maximum Gasteiger partial charge on any atom is 0.161 e. The van der Waals surface area contributed by atoms with E-state index in [9.17, 15) is 4.79 Å². The molecule has 0 N–H and O–H groups in total. The summed E-state index contributed by atoms with van der Waals surface area (Å²) < 4.78 is 5.32. The Morgan fingerprint density at radius 3 is 2.36 bits per heavy atom. The van der Waals surface area contributed by atoms with Crippen molar-refractivity contribution in [3.63, 3.8) is 0 Å². The Morgan fingerprint density at radius 1 is 1.29 bits per heavy atom. The van der Waals surface area contributed by atoms with Gasteiger partial charge in [0.1, 0.15) is 6.61 Å². The Kier molecular flexibility index (Phi) is 7.77. The van der Waals surface area contributed by atoms with Crippen molar-refractivity contribution in [1.29, 1.82) is 0 Å². The minimum atomic E-state index is 0.155. The van der Waals surface area contributed by atoms with E-state index in [4.69, 9.17) is 4.74 Å². The molecule has 0 amide bonds. The van der Waals surface area contributed by atoms with Gasteiger partial charge < -0.3 is 4.74 Å². The van der Waals surface area contributed by atoms with E-state index in [1.54, 1.807) is 0 Å². The van der Waals surface area contributed by atoms with E-state index >= 15 is 0 Å². The van der Waals surface area contributed by atoms with Gasteiger partial charge in [-0.05, 0) is 26.7 Å². The number of carbonyl (C=O) groups is 1. The standard InChI is InChI=1S/C12H24O2/c1-5-7-8-11(6-2)12(13)9-14-10(3)4/h10-11H,5-9H2,1-4H3. The van der Waals surface area contributed by atoms with Gasteiger partial charge in [-0.25, -0.2) is 0 Å². The molecule has 2 nitrogen and oxygen atoms in total. The summed E-state index contributed by atoms with van der Waals surface area (Å²) in [4.78, 5) is 11.7. The number of unbranched alkanes of at least 4 members (excludes halogenated alkanes) is 1. The monoisotopic (exact) mass is 200 g/mol. The second kappa shape index (κ2) is 7.98. The predicted molar refractivity (Wildman–Crippen MR) is 59.4 cm³/mol. The maximum atomic E-state index is 11.7. The lowest BCUT2D eigenvalue weighted by molar-refractivity contribution is -0.129. The Hall–Kier alpha value is -0.370. The summed E-state index contributed by atoms with van der Waals surface area (Å²) in [5.74, 6) is 0.489. The SMILES string of the molecule is CCCCC(CC)C(=O)COC(C)C. The predicted octanol–water partition coefficient (Wildman–Crippen LogP) is 3.20. The molecular weight excluding hydrogens is 176 g/mol. The van der Waals surface area contributed by atoms with Crippen LogP contribution < -0.4 is 0 Å². The smallest absolute Gasteiger partial charge is 0.161 e. The van der Waals surface area contributed by atoms with E-state index in [1.165, 1.54) is 0 Å². The van der Waals surface area contributed by atoms with E-state index in [0.29, 0.717) is 6.61 Å². The van der Waals surface area contributed by atoms with Crippen molar-refractivity contribution in [2.75, 3.05) is 6.61 Å². The highest BCUT2D eigenvalue weighted by Gasteiger charge is 2.15. The van der Waals surface area contributed by atoms with Crippen molar-refractivity contribution in [1.82, 2.24) is 0 Å². The number of rotatable bonds is 8. The molecule has 0 aliphatic heterocycles. The first-order valence-corrected chi connectivity index (χ1v) is 5.76. The molecule has 0 aromatic heterocycles. The van der Waals surface area contributed by atoms with Crippen LogP contribution in [0.3, 0.4) is 0 Å². The summed E-state index contributed by atoms with van der Waals surface area (Å²) in [6.07, 6.45) is 4.43. The molecular formula is C12H24O2. The molecule has 0 saturated heterocycles. The van der Waals surface area contributed by atoms with Crippen molar-refractivity contribution < 1.29 is 9.53 Å². The Balaban J connectivity index is 3.79. The third-order valence-electron chi connectivity index (χ3n) is 2.41. The number of hydrogen-bond acceptors (Lipinski definition) is 2. The van der Waals surface area contributed by atoms with Gasteiger partial charge >= 0.3 is 0 Å². The van der Waals surface area contributed by atoms with Crippen molar-refractivity contribution in [2.45, 2.75) is 59.5 Å². The first kappa shape index (κ1) is 13.6. The van der Waals surface area contributed by atoms with Crippen molar-refractivity contribution in [3.8, 4) is 0 Å². The average Bonchev–Trinajstić information content (AvgIpc) is 2.16.